The lowest BCUT2D eigenvalue weighted by Gasteiger charge is -2.30. The van der Waals surface area contributed by atoms with Gasteiger partial charge in [-0.25, -0.2) is 8.78 Å². The number of hydrogen-bond acceptors (Lipinski definition) is 1. The molecule has 0 aromatic carbocycles. The van der Waals surface area contributed by atoms with Gasteiger partial charge in [-0.3, -0.25) is 4.90 Å². The maximum absolute atomic E-state index is 10.3. The van der Waals surface area contributed by atoms with E-state index < -0.39 is 6.43 Å². The largest absolute Gasteiger partial charge is 0.298 e. The van der Waals surface area contributed by atoms with Gasteiger partial charge in [0, 0.05) is 5.54 Å². The minimum atomic E-state index is -2.17. The Morgan fingerprint density at radius 1 is 1.21 bits per heavy atom. The van der Waals surface area contributed by atoms with Crippen molar-refractivity contribution in [2.45, 2.75) is 57.9 Å². The van der Waals surface area contributed by atoms with E-state index in [1.807, 2.05) is 0 Å². The molecule has 2 heterocycles. The van der Waals surface area contributed by atoms with E-state index in [0.717, 1.165) is 6.92 Å². The SMILES string of the molecule is CC(F)F.CCC12CCCN1CCC2. The van der Waals surface area contributed by atoms with Crippen molar-refractivity contribution in [2.24, 2.45) is 0 Å². The number of rotatable bonds is 1. The number of fused-ring (bicyclic) bond motifs is 1. The average Bonchev–Trinajstić information content (AvgIpc) is 2.59. The van der Waals surface area contributed by atoms with E-state index in [0.29, 0.717) is 5.54 Å². The van der Waals surface area contributed by atoms with Crippen molar-refractivity contribution in [1.82, 2.24) is 4.90 Å². The van der Waals surface area contributed by atoms with Crippen molar-refractivity contribution < 1.29 is 8.78 Å². The second-order valence-electron chi connectivity index (χ2n) is 4.29. The van der Waals surface area contributed by atoms with Gasteiger partial charge in [-0.15, -0.1) is 0 Å². The molecule has 1 nitrogen and oxygen atoms in total. The van der Waals surface area contributed by atoms with Crippen LogP contribution in [-0.4, -0.2) is 30.0 Å². The molecule has 0 unspecified atom stereocenters. The van der Waals surface area contributed by atoms with Crippen molar-refractivity contribution in [3.8, 4) is 0 Å². The summed E-state index contributed by atoms with van der Waals surface area (Å²) in [6, 6.07) is 0. The molecule has 0 amide bonds. The molecule has 0 spiro atoms. The molecule has 2 aliphatic heterocycles. The van der Waals surface area contributed by atoms with Crippen molar-refractivity contribution in [3.05, 3.63) is 0 Å². The first-order valence-corrected chi connectivity index (χ1v) is 5.64. The molecule has 2 saturated heterocycles. The molecular formula is C11H21F2N. The predicted molar refractivity (Wildman–Crippen MR) is 54.7 cm³/mol. The Morgan fingerprint density at radius 2 is 1.64 bits per heavy atom. The molecule has 0 aliphatic carbocycles. The van der Waals surface area contributed by atoms with Crippen molar-refractivity contribution in [1.29, 1.82) is 0 Å². The fraction of sp³-hybridized carbons (Fsp3) is 1.00. The lowest BCUT2D eigenvalue weighted by molar-refractivity contribution is 0.171. The Balaban J connectivity index is 0.000000213. The fourth-order valence-corrected chi connectivity index (χ4v) is 2.80. The summed E-state index contributed by atoms with van der Waals surface area (Å²) in [4.78, 5) is 2.72. The van der Waals surface area contributed by atoms with Crippen LogP contribution in [0, 0.1) is 0 Å². The maximum Gasteiger partial charge on any atom is 0.235 e. The lowest BCUT2D eigenvalue weighted by Crippen LogP contribution is -2.37. The van der Waals surface area contributed by atoms with Gasteiger partial charge < -0.3 is 0 Å². The highest BCUT2D eigenvalue weighted by Crippen LogP contribution is 2.40. The molecule has 2 fully saturated rings. The van der Waals surface area contributed by atoms with Gasteiger partial charge in [0.15, 0.2) is 0 Å². The highest BCUT2D eigenvalue weighted by Gasteiger charge is 2.42. The second-order valence-corrected chi connectivity index (χ2v) is 4.29. The number of hydrogen-bond donors (Lipinski definition) is 0. The van der Waals surface area contributed by atoms with E-state index in [9.17, 15) is 8.78 Å². The van der Waals surface area contributed by atoms with E-state index in [1.165, 1.54) is 45.2 Å². The summed E-state index contributed by atoms with van der Waals surface area (Å²) in [7, 11) is 0. The highest BCUT2D eigenvalue weighted by atomic mass is 19.3. The Hall–Kier alpha value is -0.180. The molecule has 0 radical (unpaired) electrons. The summed E-state index contributed by atoms with van der Waals surface area (Å²) in [6.45, 7) is 5.95. The first-order valence-electron chi connectivity index (χ1n) is 5.64. The smallest absolute Gasteiger partial charge is 0.235 e. The van der Waals surface area contributed by atoms with Crippen LogP contribution in [0.2, 0.25) is 0 Å². The zero-order valence-corrected chi connectivity index (χ0v) is 9.23. The van der Waals surface area contributed by atoms with Gasteiger partial charge in [0.05, 0.1) is 0 Å². The van der Waals surface area contributed by atoms with E-state index in [4.69, 9.17) is 0 Å². The molecule has 0 bridgehead atoms. The van der Waals surface area contributed by atoms with Crippen molar-refractivity contribution >= 4 is 0 Å². The maximum atomic E-state index is 10.3. The highest BCUT2D eigenvalue weighted by molar-refractivity contribution is 4.98. The zero-order valence-electron chi connectivity index (χ0n) is 9.23. The van der Waals surface area contributed by atoms with Crippen LogP contribution in [0.25, 0.3) is 0 Å². The fourth-order valence-electron chi connectivity index (χ4n) is 2.80. The van der Waals surface area contributed by atoms with Gasteiger partial charge in [-0.2, -0.15) is 0 Å². The monoisotopic (exact) mass is 205 g/mol. The van der Waals surface area contributed by atoms with Crippen molar-refractivity contribution in [3.63, 3.8) is 0 Å². The Kier molecular flexibility index (Phi) is 4.30. The van der Waals surface area contributed by atoms with E-state index in [2.05, 4.69) is 11.8 Å². The summed E-state index contributed by atoms with van der Waals surface area (Å²) in [5.41, 5.74) is 0.681. The van der Waals surface area contributed by atoms with Crippen molar-refractivity contribution in [2.75, 3.05) is 13.1 Å². The van der Waals surface area contributed by atoms with E-state index in [1.54, 1.807) is 0 Å². The summed E-state index contributed by atoms with van der Waals surface area (Å²) < 4.78 is 20.7. The molecule has 0 N–H and O–H groups in total. The summed E-state index contributed by atoms with van der Waals surface area (Å²) in [6.07, 6.45) is 5.07. The average molecular weight is 205 g/mol. The third-order valence-corrected chi connectivity index (χ3v) is 3.47. The van der Waals surface area contributed by atoms with Crippen LogP contribution < -0.4 is 0 Å². The first-order chi connectivity index (χ1) is 6.60. The van der Waals surface area contributed by atoms with Gasteiger partial charge in [-0.1, -0.05) is 6.92 Å². The van der Waals surface area contributed by atoms with Crippen LogP contribution in [0.15, 0.2) is 0 Å². The van der Waals surface area contributed by atoms with Gasteiger partial charge in [0.25, 0.3) is 0 Å². The van der Waals surface area contributed by atoms with Crippen LogP contribution in [0.3, 0.4) is 0 Å². The molecule has 2 aliphatic rings. The molecule has 0 aromatic rings. The minimum absolute atomic E-state index is 0.681. The molecule has 2 rings (SSSR count). The third-order valence-electron chi connectivity index (χ3n) is 3.47. The Bertz CT molecular complexity index is 158. The van der Waals surface area contributed by atoms with Gasteiger partial charge in [0.1, 0.15) is 0 Å². The summed E-state index contributed by atoms with van der Waals surface area (Å²) >= 11 is 0. The molecular weight excluding hydrogens is 184 g/mol. The number of halogens is 2. The normalized spacial score (nSPS) is 24.6. The Morgan fingerprint density at radius 3 is 1.93 bits per heavy atom. The topological polar surface area (TPSA) is 3.24 Å². The first kappa shape index (κ1) is 11.9. The van der Waals surface area contributed by atoms with Crippen LogP contribution >= 0.6 is 0 Å². The standard InChI is InChI=1S/C9H17N.C2H4F2/c1-2-9-5-3-7-10(9)8-4-6-9;1-2(3)4/h2-8H2,1H3;2H,1H3. The summed E-state index contributed by atoms with van der Waals surface area (Å²) in [5, 5.41) is 0. The third kappa shape index (κ3) is 2.66. The van der Waals surface area contributed by atoms with Crippen LogP contribution in [0.1, 0.15) is 46.0 Å². The summed E-state index contributed by atoms with van der Waals surface area (Å²) in [5.74, 6) is 0. The molecule has 14 heavy (non-hydrogen) atoms. The van der Waals surface area contributed by atoms with Gasteiger partial charge in [0.2, 0.25) is 6.43 Å². The molecule has 0 aromatic heterocycles. The quantitative estimate of drug-likeness (QED) is 0.635. The van der Waals surface area contributed by atoms with Crippen LogP contribution in [0.5, 0.6) is 0 Å². The zero-order chi connectivity index (χ0) is 10.6. The molecule has 0 atom stereocenters. The predicted octanol–water partition coefficient (Wildman–Crippen LogP) is 3.30. The molecule has 3 heteroatoms. The lowest BCUT2D eigenvalue weighted by atomic mass is 9.91. The van der Waals surface area contributed by atoms with Gasteiger partial charge in [-0.05, 0) is 52.1 Å². The second kappa shape index (κ2) is 5.06. The van der Waals surface area contributed by atoms with Crippen LogP contribution in [0.4, 0.5) is 8.78 Å². The minimum Gasteiger partial charge on any atom is -0.298 e. The molecule has 84 valence electrons. The van der Waals surface area contributed by atoms with Crippen LogP contribution in [-0.2, 0) is 0 Å². The van der Waals surface area contributed by atoms with E-state index >= 15 is 0 Å². The Labute approximate surface area is 85.5 Å². The van der Waals surface area contributed by atoms with Gasteiger partial charge >= 0.3 is 0 Å². The van der Waals surface area contributed by atoms with E-state index in [-0.39, 0.29) is 0 Å². The number of nitrogens with zero attached hydrogens (tertiary/aromatic N) is 1. The number of alkyl halides is 2. The molecule has 0 saturated carbocycles.